The van der Waals surface area contributed by atoms with Gasteiger partial charge in [-0.15, -0.1) is 0 Å². The average Bonchev–Trinajstić information content (AvgIpc) is 3.19. The maximum absolute atomic E-state index is 13.3. The number of H-pyrrole nitrogens is 1. The highest BCUT2D eigenvalue weighted by Gasteiger charge is 2.31. The molecule has 0 fully saturated rings. The van der Waals surface area contributed by atoms with Gasteiger partial charge in [-0.1, -0.05) is 29.8 Å². The van der Waals surface area contributed by atoms with Gasteiger partial charge in [-0.05, 0) is 53.1 Å². The van der Waals surface area contributed by atoms with E-state index in [1.54, 1.807) is 55.0 Å². The fraction of sp³-hybridized carbons (Fsp3) is 0.167. The van der Waals surface area contributed by atoms with E-state index in [1.165, 1.54) is 6.07 Å². The Morgan fingerprint density at radius 3 is 2.62 bits per heavy atom. The van der Waals surface area contributed by atoms with Crippen molar-refractivity contribution in [3.05, 3.63) is 100 Å². The van der Waals surface area contributed by atoms with Crippen LogP contribution in [0.5, 0.6) is 0 Å². The lowest BCUT2D eigenvalue weighted by molar-refractivity contribution is -0.137. The molecule has 0 saturated heterocycles. The number of hydrogen-bond donors (Lipinski definition) is 2. The number of pyridine rings is 1. The lowest BCUT2D eigenvalue weighted by Crippen LogP contribution is -2.25. The molecule has 4 nitrogen and oxygen atoms in total. The summed E-state index contributed by atoms with van der Waals surface area (Å²) in [6, 6.07) is 13.9. The highest BCUT2D eigenvalue weighted by atomic mass is 35.5. The Hall–Kier alpha value is -3.32. The minimum atomic E-state index is -4.48. The molecule has 0 spiro atoms. The quantitative estimate of drug-likeness (QED) is 0.369. The van der Waals surface area contributed by atoms with Crippen molar-refractivity contribution in [1.82, 2.24) is 15.3 Å². The van der Waals surface area contributed by atoms with Gasteiger partial charge in [0, 0.05) is 53.4 Å². The molecule has 8 heteroatoms. The number of halogens is 4. The summed E-state index contributed by atoms with van der Waals surface area (Å²) < 4.78 is 40.0. The predicted octanol–water partition coefficient (Wildman–Crippen LogP) is 6.07. The van der Waals surface area contributed by atoms with E-state index in [-0.39, 0.29) is 12.3 Å². The van der Waals surface area contributed by atoms with E-state index in [4.69, 9.17) is 11.6 Å². The van der Waals surface area contributed by atoms with Crippen LogP contribution in [0.25, 0.3) is 10.9 Å². The summed E-state index contributed by atoms with van der Waals surface area (Å²) in [5, 5.41) is 4.11. The Kier molecular flexibility index (Phi) is 6.19. The highest BCUT2D eigenvalue weighted by Crippen LogP contribution is 2.37. The standard InChI is InChI=1S/C24H19ClF3N3O/c25-18-4-5-22-20(11-18)21(14-30-22)19(16-2-1-3-17(10-16)24(26,27)28)12-23(32)31-13-15-6-8-29-9-7-15/h1-11,14,19,30H,12-13H2,(H,31,32)/t19-/m1/s1. The lowest BCUT2D eigenvalue weighted by Gasteiger charge is -2.19. The number of benzene rings is 2. The Labute approximate surface area is 187 Å². The lowest BCUT2D eigenvalue weighted by atomic mass is 9.87. The monoisotopic (exact) mass is 457 g/mol. The highest BCUT2D eigenvalue weighted by molar-refractivity contribution is 6.31. The summed E-state index contributed by atoms with van der Waals surface area (Å²) in [4.78, 5) is 19.9. The molecule has 0 aliphatic rings. The summed E-state index contributed by atoms with van der Waals surface area (Å²) in [5.74, 6) is -0.873. The third kappa shape index (κ3) is 4.94. The number of nitrogens with zero attached hydrogens (tertiary/aromatic N) is 1. The molecule has 1 amide bonds. The summed E-state index contributed by atoms with van der Waals surface area (Å²) >= 11 is 6.16. The smallest absolute Gasteiger partial charge is 0.361 e. The Balaban J connectivity index is 1.68. The van der Waals surface area contributed by atoms with Gasteiger partial charge in [0.25, 0.3) is 0 Å². The third-order valence-corrected chi connectivity index (χ3v) is 5.53. The van der Waals surface area contributed by atoms with E-state index in [1.807, 2.05) is 0 Å². The number of amides is 1. The fourth-order valence-electron chi connectivity index (χ4n) is 3.70. The van der Waals surface area contributed by atoms with Crippen molar-refractivity contribution in [3.8, 4) is 0 Å². The van der Waals surface area contributed by atoms with Gasteiger partial charge in [-0.3, -0.25) is 9.78 Å². The number of rotatable bonds is 6. The second kappa shape index (κ2) is 9.04. The molecule has 1 atom stereocenters. The van der Waals surface area contributed by atoms with Crippen LogP contribution in [0.1, 0.15) is 34.6 Å². The SMILES string of the molecule is O=C(C[C@H](c1cccc(C(F)(F)F)c1)c1c[nH]c2ccc(Cl)cc12)NCc1ccncc1. The molecule has 2 N–H and O–H groups in total. The van der Waals surface area contributed by atoms with Crippen LogP contribution in [0.4, 0.5) is 13.2 Å². The zero-order chi connectivity index (χ0) is 22.7. The third-order valence-electron chi connectivity index (χ3n) is 5.30. The van der Waals surface area contributed by atoms with E-state index in [0.717, 1.165) is 28.6 Å². The number of carbonyl (C=O) groups excluding carboxylic acids is 1. The number of alkyl halides is 3. The molecular weight excluding hydrogens is 439 g/mol. The van der Waals surface area contributed by atoms with Crippen LogP contribution in [0.15, 0.2) is 73.2 Å². The summed E-state index contributed by atoms with van der Waals surface area (Å²) in [7, 11) is 0. The summed E-state index contributed by atoms with van der Waals surface area (Å²) in [5.41, 5.74) is 2.03. The number of fused-ring (bicyclic) bond motifs is 1. The van der Waals surface area contributed by atoms with Crippen molar-refractivity contribution in [2.45, 2.75) is 25.1 Å². The first-order chi connectivity index (χ1) is 15.3. The minimum Gasteiger partial charge on any atom is -0.361 e. The normalized spacial score (nSPS) is 12.6. The van der Waals surface area contributed by atoms with Crippen molar-refractivity contribution in [1.29, 1.82) is 0 Å². The van der Waals surface area contributed by atoms with Crippen molar-refractivity contribution >= 4 is 28.4 Å². The Morgan fingerprint density at radius 2 is 1.88 bits per heavy atom. The van der Waals surface area contributed by atoms with E-state index >= 15 is 0 Å². The largest absolute Gasteiger partial charge is 0.416 e. The molecule has 2 aromatic carbocycles. The topological polar surface area (TPSA) is 57.8 Å². The molecule has 2 heterocycles. The van der Waals surface area contributed by atoms with Crippen molar-refractivity contribution in [2.75, 3.05) is 0 Å². The first-order valence-electron chi connectivity index (χ1n) is 9.90. The zero-order valence-electron chi connectivity index (χ0n) is 16.8. The van der Waals surface area contributed by atoms with Gasteiger partial charge < -0.3 is 10.3 Å². The van der Waals surface area contributed by atoms with E-state index < -0.39 is 17.7 Å². The molecule has 0 radical (unpaired) electrons. The van der Waals surface area contributed by atoms with Crippen LogP contribution in [-0.4, -0.2) is 15.9 Å². The minimum absolute atomic E-state index is 0.0220. The Morgan fingerprint density at radius 1 is 1.09 bits per heavy atom. The first kappa shape index (κ1) is 21.9. The van der Waals surface area contributed by atoms with Gasteiger partial charge in [0.05, 0.1) is 5.56 Å². The molecule has 4 aromatic rings. The first-order valence-corrected chi connectivity index (χ1v) is 10.3. The van der Waals surface area contributed by atoms with Gasteiger partial charge >= 0.3 is 6.18 Å². The number of nitrogens with one attached hydrogen (secondary N) is 2. The molecule has 164 valence electrons. The molecule has 0 saturated carbocycles. The molecule has 0 bridgehead atoms. The van der Waals surface area contributed by atoms with Gasteiger partial charge in [0.15, 0.2) is 0 Å². The summed E-state index contributed by atoms with van der Waals surface area (Å²) in [6.45, 7) is 0.302. The van der Waals surface area contributed by atoms with Crippen molar-refractivity contribution in [2.24, 2.45) is 0 Å². The van der Waals surface area contributed by atoms with E-state index in [0.29, 0.717) is 22.7 Å². The molecule has 32 heavy (non-hydrogen) atoms. The van der Waals surface area contributed by atoms with E-state index in [2.05, 4.69) is 15.3 Å². The number of hydrogen-bond acceptors (Lipinski definition) is 2. The molecule has 4 rings (SSSR count). The second-order valence-corrected chi connectivity index (χ2v) is 7.88. The van der Waals surface area contributed by atoms with Crippen LogP contribution < -0.4 is 5.32 Å². The van der Waals surface area contributed by atoms with Gasteiger partial charge in [0.1, 0.15) is 0 Å². The number of aromatic amines is 1. The molecule has 0 unspecified atom stereocenters. The Bertz CT molecular complexity index is 1240. The van der Waals surface area contributed by atoms with E-state index in [9.17, 15) is 18.0 Å². The average molecular weight is 458 g/mol. The number of carbonyl (C=O) groups is 1. The van der Waals surface area contributed by atoms with Crippen LogP contribution in [0.3, 0.4) is 0 Å². The summed E-state index contributed by atoms with van der Waals surface area (Å²) in [6.07, 6.45) is 0.479. The van der Waals surface area contributed by atoms with Crippen molar-refractivity contribution in [3.63, 3.8) is 0 Å². The predicted molar refractivity (Wildman–Crippen MR) is 117 cm³/mol. The van der Waals surface area contributed by atoms with Gasteiger partial charge in [-0.2, -0.15) is 13.2 Å². The van der Waals surface area contributed by atoms with Crippen LogP contribution in [0, 0.1) is 0 Å². The second-order valence-electron chi connectivity index (χ2n) is 7.45. The molecule has 2 aromatic heterocycles. The van der Waals surface area contributed by atoms with Crippen LogP contribution >= 0.6 is 11.6 Å². The van der Waals surface area contributed by atoms with Gasteiger partial charge in [-0.25, -0.2) is 0 Å². The maximum atomic E-state index is 13.3. The molecule has 0 aliphatic heterocycles. The molecule has 0 aliphatic carbocycles. The maximum Gasteiger partial charge on any atom is 0.416 e. The van der Waals surface area contributed by atoms with Crippen molar-refractivity contribution < 1.29 is 18.0 Å². The molecular formula is C24H19ClF3N3O. The van der Waals surface area contributed by atoms with Crippen LogP contribution in [-0.2, 0) is 17.5 Å². The van der Waals surface area contributed by atoms with Crippen LogP contribution in [0.2, 0.25) is 5.02 Å². The number of aromatic nitrogens is 2. The fourth-order valence-corrected chi connectivity index (χ4v) is 3.87. The van der Waals surface area contributed by atoms with Gasteiger partial charge in [0.2, 0.25) is 5.91 Å². The zero-order valence-corrected chi connectivity index (χ0v) is 17.5.